The molecule has 0 radical (unpaired) electrons. The van der Waals surface area contributed by atoms with E-state index in [9.17, 15) is 5.11 Å². The number of nitrogens with two attached hydrogens (primary N) is 1. The molecule has 3 rings (SSSR count). The van der Waals surface area contributed by atoms with Crippen LogP contribution in [-0.4, -0.2) is 32.0 Å². The maximum Gasteiger partial charge on any atom is 0.244 e. The van der Waals surface area contributed by atoms with Crippen molar-refractivity contribution in [1.29, 1.82) is 0 Å². The van der Waals surface area contributed by atoms with Crippen LogP contribution in [0.15, 0.2) is 0 Å². The summed E-state index contributed by atoms with van der Waals surface area (Å²) < 4.78 is 1.67. The Kier molecular flexibility index (Phi) is 2.24. The van der Waals surface area contributed by atoms with Crippen molar-refractivity contribution in [3.8, 4) is 0 Å². The third-order valence-electron chi connectivity index (χ3n) is 3.33. The molecule has 4 N–H and O–H groups in total. The summed E-state index contributed by atoms with van der Waals surface area (Å²) in [4.78, 5) is 4.18. The molecule has 2 fully saturated rings. The molecular formula is C10H17N5O. The van der Waals surface area contributed by atoms with Gasteiger partial charge in [-0.1, -0.05) is 0 Å². The normalized spacial score (nSPS) is 29.6. The number of hydrogen-bond donors (Lipinski definition) is 3. The molecule has 1 heterocycles. The van der Waals surface area contributed by atoms with Gasteiger partial charge in [-0.3, -0.25) is 0 Å². The zero-order chi connectivity index (χ0) is 11.1. The number of anilines is 2. The van der Waals surface area contributed by atoms with E-state index in [1.165, 1.54) is 12.8 Å². The Balaban J connectivity index is 1.79. The van der Waals surface area contributed by atoms with Crippen molar-refractivity contribution in [1.82, 2.24) is 14.8 Å². The minimum Gasteiger partial charge on any atom is -0.391 e. The highest BCUT2D eigenvalue weighted by Crippen LogP contribution is 2.32. The van der Waals surface area contributed by atoms with Gasteiger partial charge in [0, 0.05) is 6.04 Å². The fourth-order valence-electron chi connectivity index (χ4n) is 2.26. The van der Waals surface area contributed by atoms with Gasteiger partial charge in [0.25, 0.3) is 0 Å². The first-order valence-corrected chi connectivity index (χ1v) is 5.90. The molecule has 1 aromatic rings. The number of aliphatic hydroxyl groups excluding tert-OH is 1. The Labute approximate surface area is 93.9 Å². The molecule has 2 aliphatic rings. The average molecular weight is 223 g/mol. The third kappa shape index (κ3) is 1.73. The Morgan fingerprint density at radius 3 is 2.75 bits per heavy atom. The molecule has 0 aliphatic heterocycles. The predicted molar refractivity (Wildman–Crippen MR) is 60.0 cm³/mol. The zero-order valence-corrected chi connectivity index (χ0v) is 9.13. The monoisotopic (exact) mass is 223 g/mol. The first-order valence-electron chi connectivity index (χ1n) is 5.90. The topological polar surface area (TPSA) is 89.0 Å². The predicted octanol–water partition coefficient (Wildman–Crippen LogP) is 0.520. The van der Waals surface area contributed by atoms with Crippen molar-refractivity contribution in [2.45, 2.75) is 50.3 Å². The maximum absolute atomic E-state index is 9.81. The van der Waals surface area contributed by atoms with E-state index in [0.717, 1.165) is 19.3 Å². The molecule has 0 aromatic carbocycles. The lowest BCUT2D eigenvalue weighted by Crippen LogP contribution is -2.21. The fourth-order valence-corrected chi connectivity index (χ4v) is 2.26. The number of nitrogens with one attached hydrogen (secondary N) is 1. The van der Waals surface area contributed by atoms with Gasteiger partial charge in [-0.05, 0) is 32.1 Å². The van der Waals surface area contributed by atoms with E-state index >= 15 is 0 Å². The summed E-state index contributed by atoms with van der Waals surface area (Å²) in [5.41, 5.74) is 5.82. The van der Waals surface area contributed by atoms with E-state index in [2.05, 4.69) is 15.4 Å². The average Bonchev–Trinajstić information content (AvgIpc) is 2.84. The molecule has 2 unspecified atom stereocenters. The number of aliphatic hydroxyl groups is 1. The van der Waals surface area contributed by atoms with E-state index in [4.69, 9.17) is 5.73 Å². The molecule has 0 saturated heterocycles. The van der Waals surface area contributed by atoms with Crippen molar-refractivity contribution in [3.05, 3.63) is 0 Å². The Morgan fingerprint density at radius 2 is 2.12 bits per heavy atom. The third-order valence-corrected chi connectivity index (χ3v) is 3.33. The van der Waals surface area contributed by atoms with Gasteiger partial charge < -0.3 is 16.2 Å². The molecule has 0 bridgehead atoms. The highest BCUT2D eigenvalue weighted by atomic mass is 16.3. The Bertz CT molecular complexity index is 387. The molecular weight excluding hydrogens is 206 g/mol. The Morgan fingerprint density at radius 1 is 1.31 bits per heavy atom. The quantitative estimate of drug-likeness (QED) is 0.695. The van der Waals surface area contributed by atoms with Gasteiger partial charge in [0.2, 0.25) is 11.9 Å². The first kappa shape index (κ1) is 9.89. The van der Waals surface area contributed by atoms with Crippen molar-refractivity contribution in [2.75, 3.05) is 11.1 Å². The largest absolute Gasteiger partial charge is 0.391 e. The van der Waals surface area contributed by atoms with Gasteiger partial charge in [0.15, 0.2) is 0 Å². The van der Waals surface area contributed by atoms with Crippen LogP contribution in [0.1, 0.15) is 38.1 Å². The summed E-state index contributed by atoms with van der Waals surface area (Å²) in [6.07, 6.45) is 4.81. The zero-order valence-electron chi connectivity index (χ0n) is 9.13. The second kappa shape index (κ2) is 3.62. The smallest absolute Gasteiger partial charge is 0.244 e. The standard InChI is InChI=1S/C10H17N5O/c11-9-13-10(12-6-4-5-6)14-15(9)7-2-1-3-8(7)16/h6-8,16H,1-5H2,(H3,11,12,13,14). The summed E-state index contributed by atoms with van der Waals surface area (Å²) in [7, 11) is 0. The lowest BCUT2D eigenvalue weighted by Gasteiger charge is -2.14. The second-order valence-electron chi connectivity index (χ2n) is 4.72. The van der Waals surface area contributed by atoms with Crippen LogP contribution in [0.3, 0.4) is 0 Å². The van der Waals surface area contributed by atoms with Gasteiger partial charge in [-0.2, -0.15) is 4.98 Å². The van der Waals surface area contributed by atoms with Crippen LogP contribution in [0, 0.1) is 0 Å². The molecule has 2 aliphatic carbocycles. The highest BCUT2D eigenvalue weighted by Gasteiger charge is 2.30. The van der Waals surface area contributed by atoms with Crippen LogP contribution in [-0.2, 0) is 0 Å². The second-order valence-corrected chi connectivity index (χ2v) is 4.72. The van der Waals surface area contributed by atoms with Gasteiger partial charge in [0.05, 0.1) is 12.1 Å². The van der Waals surface area contributed by atoms with Gasteiger partial charge >= 0.3 is 0 Å². The van der Waals surface area contributed by atoms with Crippen LogP contribution in [0.25, 0.3) is 0 Å². The van der Waals surface area contributed by atoms with E-state index in [1.807, 2.05) is 0 Å². The van der Waals surface area contributed by atoms with Crippen molar-refractivity contribution >= 4 is 11.9 Å². The number of hydrogen-bond acceptors (Lipinski definition) is 5. The number of rotatable bonds is 3. The molecule has 0 spiro atoms. The molecule has 6 nitrogen and oxygen atoms in total. The van der Waals surface area contributed by atoms with E-state index in [-0.39, 0.29) is 12.1 Å². The summed E-state index contributed by atoms with van der Waals surface area (Å²) in [6, 6.07) is 0.519. The molecule has 88 valence electrons. The van der Waals surface area contributed by atoms with Crippen LogP contribution in [0.2, 0.25) is 0 Å². The van der Waals surface area contributed by atoms with E-state index < -0.39 is 0 Å². The number of nitrogen functional groups attached to an aromatic ring is 1. The Hall–Kier alpha value is -1.30. The molecule has 2 atom stereocenters. The highest BCUT2D eigenvalue weighted by molar-refractivity contribution is 5.34. The first-order chi connectivity index (χ1) is 7.74. The molecule has 16 heavy (non-hydrogen) atoms. The molecule has 6 heteroatoms. The molecule has 0 amide bonds. The van der Waals surface area contributed by atoms with Crippen LogP contribution in [0.4, 0.5) is 11.9 Å². The van der Waals surface area contributed by atoms with Crippen LogP contribution < -0.4 is 11.1 Å². The number of aromatic nitrogens is 3. The summed E-state index contributed by atoms with van der Waals surface area (Å²) in [5, 5.41) is 17.3. The van der Waals surface area contributed by atoms with Crippen LogP contribution >= 0.6 is 0 Å². The van der Waals surface area contributed by atoms with Crippen molar-refractivity contribution < 1.29 is 5.11 Å². The molecule has 1 aromatic heterocycles. The van der Waals surface area contributed by atoms with Crippen molar-refractivity contribution in [3.63, 3.8) is 0 Å². The van der Waals surface area contributed by atoms with E-state index in [0.29, 0.717) is 17.9 Å². The maximum atomic E-state index is 9.81. The lowest BCUT2D eigenvalue weighted by atomic mass is 10.2. The van der Waals surface area contributed by atoms with E-state index in [1.54, 1.807) is 4.68 Å². The SMILES string of the molecule is Nc1nc(NC2CC2)nn1C1CCCC1O. The number of nitrogens with zero attached hydrogens (tertiary/aromatic N) is 3. The lowest BCUT2D eigenvalue weighted by molar-refractivity contribution is 0.131. The van der Waals surface area contributed by atoms with Crippen molar-refractivity contribution in [2.24, 2.45) is 0 Å². The summed E-state index contributed by atoms with van der Waals surface area (Å²) >= 11 is 0. The minimum absolute atomic E-state index is 0.00209. The van der Waals surface area contributed by atoms with Gasteiger partial charge in [-0.25, -0.2) is 4.68 Å². The summed E-state index contributed by atoms with van der Waals surface area (Å²) in [6.45, 7) is 0. The van der Waals surface area contributed by atoms with Crippen LogP contribution in [0.5, 0.6) is 0 Å². The molecule has 2 saturated carbocycles. The summed E-state index contributed by atoms with van der Waals surface area (Å²) in [5.74, 6) is 0.994. The van der Waals surface area contributed by atoms with Gasteiger partial charge in [0.1, 0.15) is 0 Å². The fraction of sp³-hybridized carbons (Fsp3) is 0.800. The van der Waals surface area contributed by atoms with Gasteiger partial charge in [-0.15, -0.1) is 5.10 Å². The minimum atomic E-state index is -0.335.